The Bertz CT molecular complexity index is 91.6. The van der Waals surface area contributed by atoms with Gasteiger partial charge >= 0.3 is 0 Å². The Morgan fingerprint density at radius 2 is 2.60 bits per heavy atom. The first kappa shape index (κ1) is 8.37. The molecule has 1 N–H and O–H groups in total. The van der Waals surface area contributed by atoms with E-state index in [9.17, 15) is 5.11 Å². The van der Waals surface area contributed by atoms with E-state index in [1.807, 2.05) is 18.7 Å². The predicted octanol–water partition coefficient (Wildman–Crippen LogP) is 0.889. The van der Waals surface area contributed by atoms with Crippen LogP contribution in [0.5, 0.6) is 0 Å². The van der Waals surface area contributed by atoms with Gasteiger partial charge in [0.05, 0.1) is 18.8 Å². The van der Waals surface area contributed by atoms with Crippen molar-refractivity contribution in [1.29, 1.82) is 0 Å². The molecule has 0 spiro atoms. The molecule has 1 aliphatic rings. The molecule has 1 heterocycles. The lowest BCUT2D eigenvalue weighted by molar-refractivity contribution is -0.0225. The summed E-state index contributed by atoms with van der Waals surface area (Å²) in [6.45, 7) is 2.78. The minimum atomic E-state index is -0.257. The van der Waals surface area contributed by atoms with Crippen molar-refractivity contribution in [3.8, 4) is 0 Å². The van der Waals surface area contributed by atoms with E-state index >= 15 is 0 Å². The number of thioether (sulfide) groups is 1. The van der Waals surface area contributed by atoms with Crippen molar-refractivity contribution in [3.63, 3.8) is 0 Å². The zero-order valence-electron chi connectivity index (χ0n) is 6.25. The van der Waals surface area contributed by atoms with Gasteiger partial charge in [0.25, 0.3) is 0 Å². The predicted molar refractivity (Wildman–Crippen MR) is 43.4 cm³/mol. The van der Waals surface area contributed by atoms with Gasteiger partial charge in [-0.25, -0.2) is 0 Å². The lowest BCUT2D eigenvalue weighted by Gasteiger charge is -2.25. The molecule has 2 nitrogen and oxygen atoms in total. The summed E-state index contributed by atoms with van der Waals surface area (Å²) in [5.74, 6) is 2.03. The molecule has 1 fully saturated rings. The van der Waals surface area contributed by atoms with Crippen molar-refractivity contribution in [2.45, 2.75) is 25.6 Å². The summed E-state index contributed by atoms with van der Waals surface area (Å²) in [7, 11) is 0. The van der Waals surface area contributed by atoms with Gasteiger partial charge in [-0.15, -0.1) is 0 Å². The first-order valence-corrected chi connectivity index (χ1v) is 4.87. The summed E-state index contributed by atoms with van der Waals surface area (Å²) >= 11 is 1.86. The number of rotatable bonds is 2. The molecule has 0 aromatic carbocycles. The van der Waals surface area contributed by atoms with E-state index in [1.165, 1.54) is 0 Å². The van der Waals surface area contributed by atoms with Crippen LogP contribution in [-0.4, -0.2) is 35.4 Å². The third kappa shape index (κ3) is 2.15. The molecule has 0 aromatic heterocycles. The largest absolute Gasteiger partial charge is 0.390 e. The average Bonchev–Trinajstić information content (AvgIpc) is 2.05. The number of ether oxygens (including phenoxy) is 1. The van der Waals surface area contributed by atoms with Crippen LogP contribution in [0.1, 0.15) is 13.3 Å². The van der Waals surface area contributed by atoms with E-state index < -0.39 is 0 Å². The van der Waals surface area contributed by atoms with Crippen molar-refractivity contribution in [2.75, 3.05) is 18.1 Å². The van der Waals surface area contributed by atoms with E-state index in [4.69, 9.17) is 4.74 Å². The second kappa shape index (κ2) is 4.21. The van der Waals surface area contributed by atoms with E-state index in [0.717, 1.165) is 24.5 Å². The van der Waals surface area contributed by atoms with Gasteiger partial charge < -0.3 is 9.84 Å². The molecule has 1 saturated heterocycles. The molecule has 10 heavy (non-hydrogen) atoms. The first-order chi connectivity index (χ1) is 4.84. The summed E-state index contributed by atoms with van der Waals surface area (Å²) in [6.07, 6.45) is 0.627. The molecule has 0 bridgehead atoms. The first-order valence-electron chi connectivity index (χ1n) is 3.72. The third-order valence-electron chi connectivity index (χ3n) is 1.69. The Balaban J connectivity index is 2.24. The SMILES string of the molecule is CCC(O)C1CSCCO1. The van der Waals surface area contributed by atoms with Crippen molar-refractivity contribution >= 4 is 11.8 Å². The molecule has 0 aliphatic carbocycles. The highest BCUT2D eigenvalue weighted by Gasteiger charge is 2.20. The summed E-state index contributed by atoms with van der Waals surface area (Å²) in [5, 5.41) is 9.34. The molecule has 1 aliphatic heterocycles. The Hall–Kier alpha value is 0.270. The van der Waals surface area contributed by atoms with Crippen LogP contribution < -0.4 is 0 Å². The summed E-state index contributed by atoms with van der Waals surface area (Å²) in [4.78, 5) is 0. The Morgan fingerprint density at radius 1 is 1.80 bits per heavy atom. The molecule has 0 aromatic rings. The third-order valence-corrected chi connectivity index (χ3v) is 2.71. The lowest BCUT2D eigenvalue weighted by atomic mass is 10.2. The fourth-order valence-corrected chi connectivity index (χ4v) is 1.92. The number of aliphatic hydroxyl groups excluding tert-OH is 1. The van der Waals surface area contributed by atoms with E-state index in [1.54, 1.807) is 0 Å². The monoisotopic (exact) mass is 162 g/mol. The highest BCUT2D eigenvalue weighted by atomic mass is 32.2. The van der Waals surface area contributed by atoms with Crippen molar-refractivity contribution in [3.05, 3.63) is 0 Å². The summed E-state index contributed by atoms with van der Waals surface area (Å²) in [5.41, 5.74) is 0. The number of aliphatic hydroxyl groups is 1. The van der Waals surface area contributed by atoms with E-state index in [0.29, 0.717) is 0 Å². The fourth-order valence-electron chi connectivity index (χ4n) is 0.991. The van der Waals surface area contributed by atoms with Crippen LogP contribution in [0.2, 0.25) is 0 Å². The van der Waals surface area contributed by atoms with Gasteiger partial charge in [-0.3, -0.25) is 0 Å². The zero-order valence-corrected chi connectivity index (χ0v) is 7.06. The maximum absolute atomic E-state index is 9.34. The normalized spacial score (nSPS) is 30.0. The maximum Gasteiger partial charge on any atom is 0.0924 e. The molecule has 0 radical (unpaired) electrons. The number of hydrogen-bond donors (Lipinski definition) is 1. The molecule has 2 unspecified atom stereocenters. The standard InChI is InChI=1S/C7H14O2S/c1-2-6(8)7-5-10-4-3-9-7/h6-8H,2-5H2,1H3. The fraction of sp³-hybridized carbons (Fsp3) is 1.00. The van der Waals surface area contributed by atoms with Gasteiger partial charge in [-0.1, -0.05) is 6.92 Å². The zero-order chi connectivity index (χ0) is 7.40. The second-order valence-corrected chi connectivity index (χ2v) is 3.61. The summed E-state index contributed by atoms with van der Waals surface area (Å²) in [6, 6.07) is 0. The van der Waals surface area contributed by atoms with E-state index in [-0.39, 0.29) is 12.2 Å². The molecular weight excluding hydrogens is 148 g/mol. The minimum absolute atomic E-state index is 0.0868. The molecule has 0 amide bonds. The highest BCUT2D eigenvalue weighted by Crippen LogP contribution is 2.16. The Kier molecular flexibility index (Phi) is 3.52. The Morgan fingerprint density at radius 3 is 3.10 bits per heavy atom. The lowest BCUT2D eigenvalue weighted by Crippen LogP contribution is -2.34. The highest BCUT2D eigenvalue weighted by molar-refractivity contribution is 7.99. The van der Waals surface area contributed by atoms with Crippen molar-refractivity contribution in [1.82, 2.24) is 0 Å². The van der Waals surface area contributed by atoms with Gasteiger partial charge in [0.2, 0.25) is 0 Å². The molecule has 3 heteroatoms. The van der Waals surface area contributed by atoms with Gasteiger partial charge in [0, 0.05) is 11.5 Å². The molecule has 0 saturated carbocycles. The minimum Gasteiger partial charge on any atom is -0.390 e. The van der Waals surface area contributed by atoms with Crippen molar-refractivity contribution in [2.24, 2.45) is 0 Å². The Labute approximate surface area is 66.0 Å². The van der Waals surface area contributed by atoms with Gasteiger partial charge in [0.1, 0.15) is 0 Å². The van der Waals surface area contributed by atoms with E-state index in [2.05, 4.69) is 0 Å². The van der Waals surface area contributed by atoms with Crippen LogP contribution in [0, 0.1) is 0 Å². The molecule has 1 rings (SSSR count). The van der Waals surface area contributed by atoms with Gasteiger partial charge in [0.15, 0.2) is 0 Å². The molecular formula is C7H14O2S. The maximum atomic E-state index is 9.34. The van der Waals surface area contributed by atoms with Crippen LogP contribution in [0.3, 0.4) is 0 Å². The van der Waals surface area contributed by atoms with Crippen LogP contribution in [-0.2, 0) is 4.74 Å². The smallest absolute Gasteiger partial charge is 0.0924 e. The molecule has 2 atom stereocenters. The quantitative estimate of drug-likeness (QED) is 0.654. The van der Waals surface area contributed by atoms with Gasteiger partial charge in [-0.05, 0) is 6.42 Å². The van der Waals surface area contributed by atoms with Crippen LogP contribution >= 0.6 is 11.8 Å². The van der Waals surface area contributed by atoms with Crippen LogP contribution in [0.4, 0.5) is 0 Å². The number of hydrogen-bond acceptors (Lipinski definition) is 3. The molecule has 60 valence electrons. The van der Waals surface area contributed by atoms with Crippen molar-refractivity contribution < 1.29 is 9.84 Å². The van der Waals surface area contributed by atoms with Crippen LogP contribution in [0.25, 0.3) is 0 Å². The summed E-state index contributed by atoms with van der Waals surface area (Å²) < 4.78 is 5.36. The van der Waals surface area contributed by atoms with Crippen LogP contribution in [0.15, 0.2) is 0 Å². The van der Waals surface area contributed by atoms with Gasteiger partial charge in [-0.2, -0.15) is 11.8 Å². The second-order valence-electron chi connectivity index (χ2n) is 2.46. The average molecular weight is 162 g/mol. The topological polar surface area (TPSA) is 29.5 Å².